The second-order valence-electron chi connectivity index (χ2n) is 3.83. The topological polar surface area (TPSA) is 15.3 Å². The monoisotopic (exact) mass is 224 g/mol. The van der Waals surface area contributed by atoms with Crippen LogP contribution >= 0.6 is 11.8 Å². The van der Waals surface area contributed by atoms with Gasteiger partial charge < -0.3 is 10.2 Å². The lowest BCUT2D eigenvalue weighted by molar-refractivity contribution is 0.437. The van der Waals surface area contributed by atoms with Gasteiger partial charge in [0.15, 0.2) is 0 Å². The number of thioether (sulfide) groups is 1. The zero-order valence-corrected chi connectivity index (χ0v) is 10.6. The molecule has 1 aromatic rings. The highest BCUT2D eigenvalue weighted by Crippen LogP contribution is 2.18. The number of hydrogen-bond donors (Lipinski definition) is 1. The number of nitrogens with zero attached hydrogens (tertiary/aromatic N) is 1. The van der Waals surface area contributed by atoms with Crippen molar-refractivity contribution < 1.29 is 0 Å². The van der Waals surface area contributed by atoms with E-state index < -0.39 is 0 Å². The Labute approximate surface area is 97.1 Å². The maximum atomic E-state index is 3.17. The average Bonchev–Trinajstić information content (AvgIpc) is 2.18. The molecule has 0 aliphatic carbocycles. The summed E-state index contributed by atoms with van der Waals surface area (Å²) >= 11 is 1.92. The largest absolute Gasteiger partial charge is 0.316 e. The summed E-state index contributed by atoms with van der Waals surface area (Å²) in [4.78, 5) is 3.58. The van der Waals surface area contributed by atoms with Crippen molar-refractivity contribution in [2.45, 2.75) is 11.4 Å². The van der Waals surface area contributed by atoms with Gasteiger partial charge in [0, 0.05) is 23.7 Å². The van der Waals surface area contributed by atoms with Gasteiger partial charge in [0.05, 0.1) is 0 Å². The average molecular weight is 224 g/mol. The number of nitrogens with one attached hydrogen (secondary N) is 1. The summed E-state index contributed by atoms with van der Waals surface area (Å²) in [6.45, 7) is 2.07. The summed E-state index contributed by atoms with van der Waals surface area (Å²) in [6.07, 6.45) is 0. The summed E-state index contributed by atoms with van der Waals surface area (Å²) in [5.41, 5.74) is 1.35. The Morgan fingerprint density at radius 1 is 1.33 bits per heavy atom. The van der Waals surface area contributed by atoms with Gasteiger partial charge in [0.2, 0.25) is 0 Å². The summed E-state index contributed by atoms with van der Waals surface area (Å²) in [5.74, 6) is 1.15. The van der Waals surface area contributed by atoms with E-state index in [-0.39, 0.29) is 0 Å². The molecule has 0 spiro atoms. The molecule has 84 valence electrons. The Kier molecular flexibility index (Phi) is 5.76. The maximum absolute atomic E-state index is 3.17. The highest BCUT2D eigenvalue weighted by Gasteiger charge is 1.97. The van der Waals surface area contributed by atoms with Gasteiger partial charge in [-0.1, -0.05) is 12.1 Å². The van der Waals surface area contributed by atoms with E-state index in [1.54, 1.807) is 0 Å². The molecule has 0 fully saturated rings. The molecule has 0 unspecified atom stereocenters. The summed E-state index contributed by atoms with van der Waals surface area (Å²) < 4.78 is 0. The predicted octanol–water partition coefficient (Wildman–Crippen LogP) is 2.06. The third-order valence-electron chi connectivity index (χ3n) is 2.09. The van der Waals surface area contributed by atoms with E-state index in [2.05, 4.69) is 48.6 Å². The first-order valence-electron chi connectivity index (χ1n) is 5.23. The smallest absolute Gasteiger partial charge is 0.0202 e. The van der Waals surface area contributed by atoms with E-state index in [4.69, 9.17) is 0 Å². The van der Waals surface area contributed by atoms with Gasteiger partial charge >= 0.3 is 0 Å². The van der Waals surface area contributed by atoms with Crippen LogP contribution in [0.15, 0.2) is 29.2 Å². The van der Waals surface area contributed by atoms with Crippen LogP contribution in [0.25, 0.3) is 0 Å². The molecular formula is C12H20N2S. The normalized spacial score (nSPS) is 10.9. The summed E-state index contributed by atoms with van der Waals surface area (Å²) in [5, 5.41) is 3.17. The SMILES string of the molecule is CNCc1cccc(SCCN(C)C)c1. The van der Waals surface area contributed by atoms with Crippen LogP contribution in [0.4, 0.5) is 0 Å². The Morgan fingerprint density at radius 2 is 2.13 bits per heavy atom. The highest BCUT2D eigenvalue weighted by atomic mass is 32.2. The summed E-state index contributed by atoms with van der Waals surface area (Å²) in [7, 11) is 6.20. The molecule has 0 aromatic heterocycles. The fourth-order valence-electron chi connectivity index (χ4n) is 1.30. The lowest BCUT2D eigenvalue weighted by Gasteiger charge is -2.09. The van der Waals surface area contributed by atoms with Crippen molar-refractivity contribution in [2.75, 3.05) is 33.4 Å². The van der Waals surface area contributed by atoms with Crippen LogP contribution in [0.2, 0.25) is 0 Å². The minimum Gasteiger partial charge on any atom is -0.316 e. The molecule has 0 atom stereocenters. The number of hydrogen-bond acceptors (Lipinski definition) is 3. The van der Waals surface area contributed by atoms with Gasteiger partial charge in [-0.3, -0.25) is 0 Å². The molecule has 0 saturated carbocycles. The molecule has 0 bridgehead atoms. The van der Waals surface area contributed by atoms with Crippen LogP contribution in [0.5, 0.6) is 0 Å². The highest BCUT2D eigenvalue weighted by molar-refractivity contribution is 7.99. The molecule has 0 heterocycles. The van der Waals surface area contributed by atoms with E-state index in [9.17, 15) is 0 Å². The molecular weight excluding hydrogens is 204 g/mol. The van der Waals surface area contributed by atoms with Crippen molar-refractivity contribution in [3.63, 3.8) is 0 Å². The van der Waals surface area contributed by atoms with Crippen molar-refractivity contribution in [1.29, 1.82) is 0 Å². The van der Waals surface area contributed by atoms with Gasteiger partial charge in [-0.15, -0.1) is 11.8 Å². The van der Waals surface area contributed by atoms with E-state index in [0.29, 0.717) is 0 Å². The standard InChI is InChI=1S/C12H20N2S/c1-13-10-11-5-4-6-12(9-11)15-8-7-14(2)3/h4-6,9,13H,7-8,10H2,1-3H3. The Bertz CT molecular complexity index is 287. The zero-order valence-electron chi connectivity index (χ0n) is 9.79. The molecule has 1 aromatic carbocycles. The quantitative estimate of drug-likeness (QED) is 0.745. The van der Waals surface area contributed by atoms with E-state index in [0.717, 1.165) is 18.8 Å². The molecule has 1 rings (SSSR count). The fourth-order valence-corrected chi connectivity index (χ4v) is 2.40. The molecule has 3 heteroatoms. The summed E-state index contributed by atoms with van der Waals surface area (Å²) in [6, 6.07) is 8.73. The zero-order chi connectivity index (χ0) is 11.1. The minimum atomic E-state index is 0.947. The molecule has 1 N–H and O–H groups in total. The molecule has 0 aliphatic heterocycles. The Morgan fingerprint density at radius 3 is 2.80 bits per heavy atom. The second kappa shape index (κ2) is 6.88. The lowest BCUT2D eigenvalue weighted by Crippen LogP contribution is -2.14. The maximum Gasteiger partial charge on any atom is 0.0202 e. The molecule has 0 aliphatic rings. The minimum absolute atomic E-state index is 0.947. The van der Waals surface area contributed by atoms with Crippen molar-refractivity contribution in [1.82, 2.24) is 10.2 Å². The number of rotatable bonds is 6. The molecule has 2 nitrogen and oxygen atoms in total. The first kappa shape index (κ1) is 12.6. The predicted molar refractivity (Wildman–Crippen MR) is 68.5 cm³/mol. The van der Waals surface area contributed by atoms with Crippen molar-refractivity contribution in [3.8, 4) is 0 Å². The Balaban J connectivity index is 2.43. The van der Waals surface area contributed by atoms with Crippen LogP contribution in [-0.4, -0.2) is 38.3 Å². The van der Waals surface area contributed by atoms with Gasteiger partial charge in [-0.05, 0) is 38.8 Å². The van der Waals surface area contributed by atoms with Crippen molar-refractivity contribution >= 4 is 11.8 Å². The van der Waals surface area contributed by atoms with Gasteiger partial charge in [-0.25, -0.2) is 0 Å². The van der Waals surface area contributed by atoms with Crippen molar-refractivity contribution in [2.24, 2.45) is 0 Å². The Hall–Kier alpha value is -0.510. The van der Waals surface area contributed by atoms with Gasteiger partial charge in [0.1, 0.15) is 0 Å². The first-order valence-corrected chi connectivity index (χ1v) is 6.22. The molecule has 0 saturated heterocycles. The molecule has 15 heavy (non-hydrogen) atoms. The van der Waals surface area contributed by atoms with Crippen LogP contribution < -0.4 is 5.32 Å². The van der Waals surface area contributed by atoms with E-state index in [1.807, 2.05) is 18.8 Å². The number of benzene rings is 1. The van der Waals surface area contributed by atoms with Crippen LogP contribution in [-0.2, 0) is 6.54 Å². The third-order valence-corrected chi connectivity index (χ3v) is 3.06. The van der Waals surface area contributed by atoms with Crippen LogP contribution in [0.1, 0.15) is 5.56 Å². The molecule has 0 radical (unpaired) electrons. The van der Waals surface area contributed by atoms with E-state index >= 15 is 0 Å². The van der Waals surface area contributed by atoms with Crippen molar-refractivity contribution in [3.05, 3.63) is 29.8 Å². The van der Waals surface area contributed by atoms with Crippen LogP contribution in [0, 0.1) is 0 Å². The fraction of sp³-hybridized carbons (Fsp3) is 0.500. The van der Waals surface area contributed by atoms with Crippen LogP contribution in [0.3, 0.4) is 0 Å². The first-order chi connectivity index (χ1) is 7.22. The van der Waals surface area contributed by atoms with E-state index in [1.165, 1.54) is 10.5 Å². The molecule has 0 amide bonds. The van der Waals surface area contributed by atoms with Gasteiger partial charge in [-0.2, -0.15) is 0 Å². The van der Waals surface area contributed by atoms with Gasteiger partial charge in [0.25, 0.3) is 0 Å². The second-order valence-corrected chi connectivity index (χ2v) is 5.00. The third kappa shape index (κ3) is 5.21. The lowest BCUT2D eigenvalue weighted by atomic mass is 10.2.